The van der Waals surface area contributed by atoms with Crippen LogP contribution in [0.1, 0.15) is 25.1 Å². The van der Waals surface area contributed by atoms with E-state index in [0.717, 1.165) is 29.5 Å². The smallest absolute Gasteiger partial charge is 0.191 e. The molecule has 0 aliphatic carbocycles. The summed E-state index contributed by atoms with van der Waals surface area (Å²) in [4.78, 5) is 4.52. The van der Waals surface area contributed by atoms with Crippen LogP contribution in [0.25, 0.3) is 0 Å². The van der Waals surface area contributed by atoms with E-state index in [1.807, 2.05) is 51.1 Å². The highest BCUT2D eigenvalue weighted by Crippen LogP contribution is 2.17. The third-order valence-corrected chi connectivity index (χ3v) is 3.29. The van der Waals surface area contributed by atoms with Crippen molar-refractivity contribution in [3.63, 3.8) is 0 Å². The first kappa shape index (κ1) is 16.9. The third kappa shape index (κ3) is 5.65. The second-order valence-corrected chi connectivity index (χ2v) is 5.35. The zero-order valence-electron chi connectivity index (χ0n) is 14.0. The Morgan fingerprint density at radius 3 is 2.83 bits per heavy atom. The predicted octanol–water partition coefficient (Wildman–Crippen LogP) is 2.24. The molecule has 0 amide bonds. The summed E-state index contributed by atoms with van der Waals surface area (Å²) in [5.74, 6) is 1.68. The lowest BCUT2D eigenvalue weighted by atomic mass is 10.2. The molecule has 3 N–H and O–H groups in total. The van der Waals surface area contributed by atoms with Crippen LogP contribution in [0, 0.1) is 6.92 Å². The quantitative estimate of drug-likeness (QED) is 0.541. The maximum atomic E-state index is 5.96. The Morgan fingerprint density at radius 2 is 2.13 bits per heavy atom. The average molecular weight is 315 g/mol. The lowest BCUT2D eigenvalue weighted by Gasteiger charge is -2.18. The van der Waals surface area contributed by atoms with Gasteiger partial charge in [-0.2, -0.15) is 5.10 Å². The van der Waals surface area contributed by atoms with Crippen LogP contribution in [0.4, 0.5) is 0 Å². The molecule has 0 saturated carbocycles. The average Bonchev–Trinajstić information content (AvgIpc) is 3.06. The Kier molecular flexibility index (Phi) is 6.47. The van der Waals surface area contributed by atoms with Gasteiger partial charge in [0.1, 0.15) is 11.9 Å². The van der Waals surface area contributed by atoms with Crippen LogP contribution < -0.4 is 15.4 Å². The van der Waals surface area contributed by atoms with E-state index >= 15 is 0 Å². The summed E-state index contributed by atoms with van der Waals surface area (Å²) in [7, 11) is 0. The van der Waals surface area contributed by atoms with Gasteiger partial charge in [-0.3, -0.25) is 5.10 Å². The number of guanidine groups is 1. The minimum Gasteiger partial charge on any atom is -0.489 e. The fourth-order valence-electron chi connectivity index (χ4n) is 2.07. The van der Waals surface area contributed by atoms with Gasteiger partial charge in [-0.1, -0.05) is 18.2 Å². The zero-order chi connectivity index (χ0) is 16.5. The number of para-hydroxylation sites is 1. The highest BCUT2D eigenvalue weighted by atomic mass is 16.5. The standard InChI is InChI=1S/C17H25N5O/c1-4-18-17(20-12-15-9-10-21-22-15)19-11-14(3)23-16-8-6-5-7-13(16)2/h5-10,14H,4,11-12H2,1-3H3,(H,21,22)(H2,18,19,20). The van der Waals surface area contributed by atoms with Crippen LogP contribution >= 0.6 is 0 Å². The van der Waals surface area contributed by atoms with Crippen LogP contribution in [0.2, 0.25) is 0 Å². The number of nitrogens with zero attached hydrogens (tertiary/aromatic N) is 2. The van der Waals surface area contributed by atoms with Crippen LogP contribution in [-0.2, 0) is 6.54 Å². The molecule has 0 fully saturated rings. The number of aliphatic imine (C=N–C) groups is 1. The summed E-state index contributed by atoms with van der Waals surface area (Å²) in [6.07, 6.45) is 1.76. The number of aromatic amines is 1. The second-order valence-electron chi connectivity index (χ2n) is 5.35. The van der Waals surface area contributed by atoms with E-state index in [0.29, 0.717) is 13.1 Å². The van der Waals surface area contributed by atoms with E-state index in [1.54, 1.807) is 6.20 Å². The molecule has 6 heteroatoms. The van der Waals surface area contributed by atoms with Crippen LogP contribution in [0.15, 0.2) is 41.5 Å². The van der Waals surface area contributed by atoms with Crippen molar-refractivity contribution in [1.29, 1.82) is 0 Å². The highest BCUT2D eigenvalue weighted by Gasteiger charge is 2.07. The number of benzene rings is 1. The summed E-state index contributed by atoms with van der Waals surface area (Å²) in [6, 6.07) is 9.95. The minimum absolute atomic E-state index is 0.0344. The van der Waals surface area contributed by atoms with Crippen molar-refractivity contribution in [2.24, 2.45) is 4.99 Å². The predicted molar refractivity (Wildman–Crippen MR) is 92.7 cm³/mol. The second kappa shape index (κ2) is 8.82. The maximum Gasteiger partial charge on any atom is 0.191 e. The van der Waals surface area contributed by atoms with E-state index in [2.05, 4.69) is 25.8 Å². The number of nitrogens with one attached hydrogen (secondary N) is 3. The summed E-state index contributed by atoms with van der Waals surface area (Å²) < 4.78 is 5.96. The molecule has 1 aromatic carbocycles. The van der Waals surface area contributed by atoms with Crippen molar-refractivity contribution in [3.05, 3.63) is 47.8 Å². The van der Waals surface area contributed by atoms with Gasteiger partial charge < -0.3 is 15.4 Å². The molecule has 6 nitrogen and oxygen atoms in total. The number of aromatic nitrogens is 2. The van der Waals surface area contributed by atoms with E-state index in [9.17, 15) is 0 Å². The summed E-state index contributed by atoms with van der Waals surface area (Å²) >= 11 is 0. The first-order chi connectivity index (χ1) is 11.2. The van der Waals surface area contributed by atoms with Gasteiger partial charge in [-0.05, 0) is 38.5 Å². The van der Waals surface area contributed by atoms with Crippen molar-refractivity contribution >= 4 is 5.96 Å². The van der Waals surface area contributed by atoms with E-state index in [-0.39, 0.29) is 6.10 Å². The molecule has 1 unspecified atom stereocenters. The number of H-pyrrole nitrogens is 1. The molecule has 0 aliphatic heterocycles. The Labute approximate surface area is 137 Å². The van der Waals surface area contributed by atoms with E-state index in [4.69, 9.17) is 4.74 Å². The normalized spacial score (nSPS) is 12.7. The monoisotopic (exact) mass is 315 g/mol. The zero-order valence-corrected chi connectivity index (χ0v) is 14.0. The van der Waals surface area contributed by atoms with Crippen molar-refractivity contribution in [1.82, 2.24) is 20.8 Å². The molecular formula is C17H25N5O. The van der Waals surface area contributed by atoms with Gasteiger partial charge in [-0.25, -0.2) is 4.99 Å². The highest BCUT2D eigenvalue weighted by molar-refractivity contribution is 5.79. The fourth-order valence-corrected chi connectivity index (χ4v) is 2.07. The van der Waals surface area contributed by atoms with Crippen LogP contribution in [0.3, 0.4) is 0 Å². The molecular weight excluding hydrogens is 290 g/mol. The largest absolute Gasteiger partial charge is 0.489 e. The van der Waals surface area contributed by atoms with Gasteiger partial charge in [0.15, 0.2) is 5.96 Å². The van der Waals surface area contributed by atoms with Crippen molar-refractivity contribution in [2.75, 3.05) is 13.1 Å². The molecule has 0 saturated heterocycles. The third-order valence-electron chi connectivity index (χ3n) is 3.29. The molecule has 2 rings (SSSR count). The van der Waals surface area contributed by atoms with Gasteiger partial charge in [0.05, 0.1) is 18.8 Å². The van der Waals surface area contributed by atoms with Crippen molar-refractivity contribution < 1.29 is 4.74 Å². The number of aryl methyl sites for hydroxylation is 1. The Balaban J connectivity index is 1.85. The molecule has 124 valence electrons. The molecule has 2 aromatic rings. The van der Waals surface area contributed by atoms with E-state index in [1.165, 1.54) is 0 Å². The first-order valence-corrected chi connectivity index (χ1v) is 7.91. The molecule has 0 radical (unpaired) electrons. The summed E-state index contributed by atoms with van der Waals surface area (Å²) in [5, 5.41) is 13.3. The van der Waals surface area contributed by atoms with Crippen LogP contribution in [-0.4, -0.2) is 35.4 Å². The van der Waals surface area contributed by atoms with Gasteiger partial charge >= 0.3 is 0 Å². The lowest BCUT2D eigenvalue weighted by Crippen LogP contribution is -2.41. The number of hydrogen-bond acceptors (Lipinski definition) is 3. The molecule has 1 atom stereocenters. The molecule has 1 aromatic heterocycles. The Bertz CT molecular complexity index is 609. The summed E-state index contributed by atoms with van der Waals surface area (Å²) in [6.45, 7) is 8.16. The number of ether oxygens (including phenoxy) is 1. The topological polar surface area (TPSA) is 74.3 Å². The molecule has 23 heavy (non-hydrogen) atoms. The Hall–Kier alpha value is -2.50. The maximum absolute atomic E-state index is 5.96. The number of hydrogen-bond donors (Lipinski definition) is 3. The van der Waals surface area contributed by atoms with Gasteiger partial charge in [0.2, 0.25) is 0 Å². The van der Waals surface area contributed by atoms with Crippen molar-refractivity contribution in [3.8, 4) is 5.75 Å². The minimum atomic E-state index is 0.0344. The van der Waals surface area contributed by atoms with E-state index < -0.39 is 0 Å². The lowest BCUT2D eigenvalue weighted by molar-refractivity contribution is 0.222. The van der Waals surface area contributed by atoms with Gasteiger partial charge in [0, 0.05) is 12.7 Å². The number of rotatable bonds is 7. The SMILES string of the molecule is CCNC(=NCc1ccn[nH]1)NCC(C)Oc1ccccc1C. The molecule has 1 heterocycles. The molecule has 0 aliphatic rings. The molecule has 0 spiro atoms. The Morgan fingerprint density at radius 1 is 1.30 bits per heavy atom. The van der Waals surface area contributed by atoms with Gasteiger partial charge in [0.25, 0.3) is 0 Å². The fraction of sp³-hybridized carbons (Fsp3) is 0.412. The van der Waals surface area contributed by atoms with Crippen LogP contribution in [0.5, 0.6) is 5.75 Å². The van der Waals surface area contributed by atoms with Crippen molar-refractivity contribution in [2.45, 2.75) is 33.4 Å². The summed E-state index contributed by atoms with van der Waals surface area (Å²) in [5.41, 5.74) is 2.12. The first-order valence-electron chi connectivity index (χ1n) is 7.91. The molecule has 0 bridgehead atoms. The van der Waals surface area contributed by atoms with Gasteiger partial charge in [-0.15, -0.1) is 0 Å².